The Bertz CT molecular complexity index is 955. The first-order chi connectivity index (χ1) is 13.1. The van der Waals surface area contributed by atoms with Crippen molar-refractivity contribution in [2.24, 2.45) is 0 Å². The van der Waals surface area contributed by atoms with Crippen LogP contribution in [-0.2, 0) is 24.3 Å². The van der Waals surface area contributed by atoms with E-state index in [-0.39, 0.29) is 4.90 Å². The summed E-state index contributed by atoms with van der Waals surface area (Å²) in [7, 11) is -2.54. The first kappa shape index (κ1) is 21.6. The predicted octanol–water partition coefficient (Wildman–Crippen LogP) is 2.49. The van der Waals surface area contributed by atoms with Crippen LogP contribution in [0.3, 0.4) is 0 Å². The molecule has 0 heterocycles. The molecule has 1 amide bonds. The molecule has 0 saturated carbocycles. The average Bonchev–Trinajstić information content (AvgIpc) is 2.61. The van der Waals surface area contributed by atoms with E-state index in [1.54, 1.807) is 30.3 Å². The van der Waals surface area contributed by atoms with Crippen LogP contribution in [0.1, 0.15) is 18.1 Å². The van der Waals surface area contributed by atoms with E-state index in [0.29, 0.717) is 5.69 Å². The molecule has 7 nitrogen and oxygen atoms in total. The van der Waals surface area contributed by atoms with E-state index in [4.69, 9.17) is 4.74 Å². The van der Waals surface area contributed by atoms with Crippen LogP contribution >= 0.6 is 0 Å². The van der Waals surface area contributed by atoms with E-state index in [9.17, 15) is 18.0 Å². The van der Waals surface area contributed by atoms with Crippen molar-refractivity contribution in [1.82, 2.24) is 4.31 Å². The number of esters is 1. The van der Waals surface area contributed by atoms with Gasteiger partial charge in [0.05, 0.1) is 4.90 Å². The number of nitrogens with zero attached hydrogens (tertiary/aromatic N) is 1. The van der Waals surface area contributed by atoms with Crippen LogP contribution in [0.4, 0.5) is 5.69 Å². The third-order valence-corrected chi connectivity index (χ3v) is 5.86. The van der Waals surface area contributed by atoms with Crippen LogP contribution < -0.4 is 5.32 Å². The van der Waals surface area contributed by atoms with Gasteiger partial charge in [-0.1, -0.05) is 29.8 Å². The number of anilines is 1. The van der Waals surface area contributed by atoms with E-state index < -0.39 is 34.5 Å². The lowest BCUT2D eigenvalue weighted by atomic mass is 10.2. The summed E-state index contributed by atoms with van der Waals surface area (Å²) in [5.74, 6) is -1.31. The second kappa shape index (κ2) is 8.99. The van der Waals surface area contributed by atoms with Crippen molar-refractivity contribution in [2.75, 3.05) is 18.9 Å². The zero-order valence-electron chi connectivity index (χ0n) is 16.3. The number of rotatable bonds is 7. The molecule has 2 aromatic carbocycles. The van der Waals surface area contributed by atoms with Crippen LogP contribution in [0.5, 0.6) is 0 Å². The zero-order valence-corrected chi connectivity index (χ0v) is 17.1. The monoisotopic (exact) mass is 404 g/mol. The van der Waals surface area contributed by atoms with E-state index in [1.807, 2.05) is 19.9 Å². The summed E-state index contributed by atoms with van der Waals surface area (Å²) in [6.45, 7) is 4.67. The smallest absolute Gasteiger partial charge is 0.322 e. The fourth-order valence-electron chi connectivity index (χ4n) is 2.41. The molecule has 28 heavy (non-hydrogen) atoms. The minimum atomic E-state index is -3.83. The number of likely N-dealkylation sites (N-methyl/N-ethyl adjacent to an activating group) is 1. The Hall–Kier alpha value is -2.71. The van der Waals surface area contributed by atoms with Crippen LogP contribution in [0.2, 0.25) is 0 Å². The average molecular weight is 404 g/mol. The van der Waals surface area contributed by atoms with Crippen molar-refractivity contribution in [2.45, 2.75) is 31.8 Å². The molecule has 1 N–H and O–H groups in total. The van der Waals surface area contributed by atoms with Crippen molar-refractivity contribution in [1.29, 1.82) is 0 Å². The molecule has 0 aliphatic carbocycles. The van der Waals surface area contributed by atoms with Gasteiger partial charge in [0.25, 0.3) is 5.91 Å². The quantitative estimate of drug-likeness (QED) is 0.716. The van der Waals surface area contributed by atoms with Crippen molar-refractivity contribution in [3.8, 4) is 0 Å². The molecule has 0 unspecified atom stereocenters. The predicted molar refractivity (Wildman–Crippen MR) is 106 cm³/mol. The first-order valence-electron chi connectivity index (χ1n) is 8.69. The number of carbonyl (C=O) groups excluding carboxylic acids is 2. The number of hydrogen-bond donors (Lipinski definition) is 1. The van der Waals surface area contributed by atoms with Crippen molar-refractivity contribution < 1.29 is 22.7 Å². The Morgan fingerprint density at radius 3 is 2.32 bits per heavy atom. The largest absolute Gasteiger partial charge is 0.452 e. The third-order valence-electron chi connectivity index (χ3n) is 4.04. The van der Waals surface area contributed by atoms with Gasteiger partial charge < -0.3 is 10.1 Å². The summed E-state index contributed by atoms with van der Waals surface area (Å²) in [5.41, 5.74) is 2.49. The molecule has 150 valence electrons. The highest BCUT2D eigenvalue weighted by atomic mass is 32.2. The number of nitrogens with one attached hydrogen (secondary N) is 1. The summed E-state index contributed by atoms with van der Waals surface area (Å²) in [4.78, 5) is 24.4. The molecule has 1 atom stereocenters. The van der Waals surface area contributed by atoms with Gasteiger partial charge in [-0.15, -0.1) is 0 Å². The molecule has 0 radical (unpaired) electrons. The van der Waals surface area contributed by atoms with E-state index in [0.717, 1.165) is 15.4 Å². The Morgan fingerprint density at radius 2 is 1.71 bits per heavy atom. The maximum absolute atomic E-state index is 12.5. The molecule has 0 saturated heterocycles. The maximum atomic E-state index is 12.5. The van der Waals surface area contributed by atoms with Gasteiger partial charge in [0.2, 0.25) is 10.0 Å². The second-order valence-electron chi connectivity index (χ2n) is 6.56. The zero-order chi connectivity index (χ0) is 20.9. The van der Waals surface area contributed by atoms with Gasteiger partial charge >= 0.3 is 5.97 Å². The lowest BCUT2D eigenvalue weighted by Gasteiger charge is -2.18. The fourth-order valence-corrected chi connectivity index (χ4v) is 3.53. The maximum Gasteiger partial charge on any atom is 0.322 e. The highest BCUT2D eigenvalue weighted by Crippen LogP contribution is 2.15. The van der Waals surface area contributed by atoms with Crippen LogP contribution in [0, 0.1) is 13.8 Å². The topological polar surface area (TPSA) is 92.8 Å². The van der Waals surface area contributed by atoms with Gasteiger partial charge in [-0.25, -0.2) is 8.42 Å². The molecular formula is C20H24N2O5S. The number of carbonyl (C=O) groups is 2. The molecule has 2 aromatic rings. The molecule has 0 aliphatic rings. The number of sulfonamides is 1. The normalized spacial score (nSPS) is 12.5. The molecule has 0 fully saturated rings. The van der Waals surface area contributed by atoms with Gasteiger partial charge in [0.15, 0.2) is 6.10 Å². The SMILES string of the molecule is Cc1ccc(S(=O)(=O)N(C)CC(=O)O[C@H](C)C(=O)Nc2cccc(C)c2)cc1. The summed E-state index contributed by atoms with van der Waals surface area (Å²) >= 11 is 0. The van der Waals surface area contributed by atoms with Crippen molar-refractivity contribution in [3.63, 3.8) is 0 Å². The highest BCUT2D eigenvalue weighted by molar-refractivity contribution is 7.89. The molecular weight excluding hydrogens is 380 g/mol. The number of ether oxygens (including phenoxy) is 1. The Labute approximate surface area is 165 Å². The van der Waals surface area contributed by atoms with Crippen LogP contribution in [0.25, 0.3) is 0 Å². The molecule has 0 bridgehead atoms. The summed E-state index contributed by atoms with van der Waals surface area (Å²) in [5, 5.41) is 2.65. The molecule has 2 rings (SSSR count). The Kier molecular flexibility index (Phi) is 6.93. The lowest BCUT2D eigenvalue weighted by Crippen LogP contribution is -2.37. The third kappa shape index (κ3) is 5.64. The minimum Gasteiger partial charge on any atom is -0.452 e. The second-order valence-corrected chi connectivity index (χ2v) is 8.61. The van der Waals surface area contributed by atoms with Gasteiger partial charge in [0.1, 0.15) is 6.54 Å². The molecule has 8 heteroatoms. The highest BCUT2D eigenvalue weighted by Gasteiger charge is 2.25. The number of hydrogen-bond acceptors (Lipinski definition) is 5. The summed E-state index contributed by atoms with van der Waals surface area (Å²) < 4.78 is 31.0. The van der Waals surface area contributed by atoms with Gasteiger partial charge in [-0.3, -0.25) is 9.59 Å². The minimum absolute atomic E-state index is 0.0821. The van der Waals surface area contributed by atoms with E-state index in [2.05, 4.69) is 5.32 Å². The number of benzene rings is 2. The summed E-state index contributed by atoms with van der Waals surface area (Å²) in [6, 6.07) is 13.5. The fraction of sp³-hybridized carbons (Fsp3) is 0.300. The Morgan fingerprint density at radius 1 is 1.07 bits per heavy atom. The number of aryl methyl sites for hydroxylation is 2. The summed E-state index contributed by atoms with van der Waals surface area (Å²) in [6.07, 6.45) is -1.07. The van der Waals surface area contributed by atoms with Gasteiger partial charge in [-0.05, 0) is 50.6 Å². The standard InChI is InChI=1S/C20H24N2O5S/c1-14-8-10-18(11-9-14)28(25,26)22(4)13-19(23)27-16(3)20(24)21-17-7-5-6-15(2)12-17/h5-12,16H,13H2,1-4H3,(H,21,24)/t16-/m1/s1. The lowest BCUT2D eigenvalue weighted by molar-refractivity contribution is -0.153. The molecule has 0 spiro atoms. The first-order valence-corrected chi connectivity index (χ1v) is 10.1. The van der Waals surface area contributed by atoms with Crippen molar-refractivity contribution in [3.05, 3.63) is 59.7 Å². The van der Waals surface area contributed by atoms with E-state index >= 15 is 0 Å². The number of amides is 1. The van der Waals surface area contributed by atoms with Gasteiger partial charge in [0, 0.05) is 12.7 Å². The van der Waals surface area contributed by atoms with Crippen LogP contribution in [-0.4, -0.2) is 44.3 Å². The van der Waals surface area contributed by atoms with E-state index in [1.165, 1.54) is 26.1 Å². The van der Waals surface area contributed by atoms with Crippen LogP contribution in [0.15, 0.2) is 53.4 Å². The molecule has 0 aliphatic heterocycles. The Balaban J connectivity index is 1.94. The molecule has 0 aromatic heterocycles. The van der Waals surface area contributed by atoms with Crippen molar-refractivity contribution >= 4 is 27.6 Å². The van der Waals surface area contributed by atoms with Gasteiger partial charge in [-0.2, -0.15) is 4.31 Å².